The lowest BCUT2D eigenvalue weighted by Gasteiger charge is -2.32. The number of benzene rings is 1. The van der Waals surface area contributed by atoms with Crippen LogP contribution in [0, 0.1) is 5.82 Å². The van der Waals surface area contributed by atoms with Crippen LogP contribution in [0.5, 0.6) is 0 Å². The molecule has 100 valence electrons. The average molecular weight is 250 g/mol. The molecule has 0 saturated carbocycles. The zero-order valence-corrected chi connectivity index (χ0v) is 11.3. The van der Waals surface area contributed by atoms with Crippen molar-refractivity contribution in [2.45, 2.75) is 38.3 Å². The first-order valence-corrected chi connectivity index (χ1v) is 6.83. The van der Waals surface area contributed by atoms with Gasteiger partial charge >= 0.3 is 0 Å². The molecule has 1 aliphatic rings. The largest absolute Gasteiger partial charge is 0.310 e. The Morgan fingerprint density at radius 2 is 2.22 bits per heavy atom. The number of piperidine rings is 1. The second-order valence-corrected chi connectivity index (χ2v) is 5.46. The summed E-state index contributed by atoms with van der Waals surface area (Å²) >= 11 is 0. The molecule has 0 spiro atoms. The van der Waals surface area contributed by atoms with Crippen LogP contribution in [0.4, 0.5) is 4.39 Å². The Bertz CT molecular complexity index is 381. The maximum atomic E-state index is 13.6. The molecule has 2 atom stereocenters. The fourth-order valence-corrected chi connectivity index (χ4v) is 2.76. The van der Waals surface area contributed by atoms with Crippen molar-refractivity contribution in [3.05, 3.63) is 35.6 Å². The molecule has 2 nitrogen and oxygen atoms in total. The van der Waals surface area contributed by atoms with Crippen molar-refractivity contribution in [1.29, 1.82) is 0 Å². The Morgan fingerprint density at radius 3 is 2.94 bits per heavy atom. The number of rotatable bonds is 4. The average Bonchev–Trinajstić information content (AvgIpc) is 2.32. The van der Waals surface area contributed by atoms with Crippen LogP contribution in [0.3, 0.4) is 0 Å². The van der Waals surface area contributed by atoms with Crippen LogP contribution in [0.2, 0.25) is 0 Å². The van der Waals surface area contributed by atoms with Gasteiger partial charge in [0.1, 0.15) is 5.82 Å². The molecule has 1 aliphatic heterocycles. The van der Waals surface area contributed by atoms with Crippen LogP contribution in [0.1, 0.15) is 25.3 Å². The van der Waals surface area contributed by atoms with Crippen LogP contribution >= 0.6 is 0 Å². The van der Waals surface area contributed by atoms with Gasteiger partial charge in [-0.05, 0) is 51.4 Å². The standard InChI is InChI=1S/C15H23FN2/c1-12(10-13-6-3-4-8-15(13)16)17-14-7-5-9-18(2)11-14/h3-4,6,8,12,14,17H,5,7,9-11H2,1-2H3. The number of hydrogen-bond acceptors (Lipinski definition) is 2. The van der Waals surface area contributed by atoms with E-state index in [4.69, 9.17) is 0 Å². The Balaban J connectivity index is 1.85. The molecule has 0 radical (unpaired) electrons. The van der Waals surface area contributed by atoms with Crippen LogP contribution in [-0.2, 0) is 6.42 Å². The van der Waals surface area contributed by atoms with Crippen molar-refractivity contribution in [1.82, 2.24) is 10.2 Å². The Labute approximate surface area is 109 Å². The highest BCUT2D eigenvalue weighted by molar-refractivity contribution is 5.18. The van der Waals surface area contributed by atoms with E-state index >= 15 is 0 Å². The molecular formula is C15H23FN2. The maximum Gasteiger partial charge on any atom is 0.126 e. The lowest BCUT2D eigenvalue weighted by atomic mass is 10.0. The molecule has 1 fully saturated rings. The Kier molecular flexibility index (Phi) is 4.72. The summed E-state index contributed by atoms with van der Waals surface area (Å²) in [6, 6.07) is 7.92. The molecular weight excluding hydrogens is 227 g/mol. The molecule has 18 heavy (non-hydrogen) atoms. The summed E-state index contributed by atoms with van der Waals surface area (Å²) in [6.45, 7) is 4.43. The van der Waals surface area contributed by atoms with Crippen LogP contribution in [0.15, 0.2) is 24.3 Å². The van der Waals surface area contributed by atoms with E-state index < -0.39 is 0 Å². The van der Waals surface area contributed by atoms with Gasteiger partial charge in [0.05, 0.1) is 0 Å². The minimum Gasteiger partial charge on any atom is -0.310 e. The molecule has 0 bridgehead atoms. The van der Waals surface area contributed by atoms with Crippen molar-refractivity contribution in [3.8, 4) is 0 Å². The predicted molar refractivity (Wildman–Crippen MR) is 73.2 cm³/mol. The highest BCUT2D eigenvalue weighted by Crippen LogP contribution is 2.12. The maximum absolute atomic E-state index is 13.6. The third-order valence-corrected chi connectivity index (χ3v) is 3.63. The van der Waals surface area contributed by atoms with E-state index in [1.807, 2.05) is 12.1 Å². The SMILES string of the molecule is CC(Cc1ccccc1F)NC1CCCN(C)C1. The van der Waals surface area contributed by atoms with E-state index in [-0.39, 0.29) is 5.82 Å². The summed E-state index contributed by atoms with van der Waals surface area (Å²) in [5.74, 6) is -0.0908. The van der Waals surface area contributed by atoms with E-state index in [1.54, 1.807) is 6.07 Å². The number of likely N-dealkylation sites (N-methyl/N-ethyl adjacent to an activating group) is 1. The van der Waals surface area contributed by atoms with Crippen LogP contribution in [0.25, 0.3) is 0 Å². The second kappa shape index (κ2) is 6.30. The minimum absolute atomic E-state index is 0.0908. The van der Waals surface area contributed by atoms with Gasteiger partial charge in [0, 0.05) is 18.6 Å². The smallest absolute Gasteiger partial charge is 0.126 e. The van der Waals surface area contributed by atoms with Gasteiger partial charge in [0.2, 0.25) is 0 Å². The number of nitrogens with zero attached hydrogens (tertiary/aromatic N) is 1. The first-order chi connectivity index (χ1) is 8.65. The Morgan fingerprint density at radius 1 is 1.44 bits per heavy atom. The third kappa shape index (κ3) is 3.79. The molecule has 2 unspecified atom stereocenters. The molecule has 1 heterocycles. The number of likely N-dealkylation sites (tertiary alicyclic amines) is 1. The summed E-state index contributed by atoms with van der Waals surface area (Å²) in [5.41, 5.74) is 0.807. The highest BCUT2D eigenvalue weighted by Gasteiger charge is 2.19. The van der Waals surface area contributed by atoms with Crippen molar-refractivity contribution in [2.75, 3.05) is 20.1 Å². The molecule has 2 rings (SSSR count). The zero-order chi connectivity index (χ0) is 13.0. The van der Waals surface area contributed by atoms with Gasteiger partial charge in [-0.3, -0.25) is 0 Å². The van der Waals surface area contributed by atoms with Crippen LogP contribution in [-0.4, -0.2) is 37.1 Å². The van der Waals surface area contributed by atoms with Gasteiger partial charge in [0.25, 0.3) is 0 Å². The van der Waals surface area contributed by atoms with E-state index in [1.165, 1.54) is 25.5 Å². The molecule has 0 aliphatic carbocycles. The molecule has 0 aromatic heterocycles. The van der Waals surface area contributed by atoms with E-state index in [2.05, 4.69) is 24.2 Å². The summed E-state index contributed by atoms with van der Waals surface area (Å²) in [7, 11) is 2.16. The summed E-state index contributed by atoms with van der Waals surface area (Å²) in [5, 5.41) is 3.62. The highest BCUT2D eigenvalue weighted by atomic mass is 19.1. The van der Waals surface area contributed by atoms with Crippen molar-refractivity contribution >= 4 is 0 Å². The van der Waals surface area contributed by atoms with Crippen molar-refractivity contribution in [3.63, 3.8) is 0 Å². The monoisotopic (exact) mass is 250 g/mol. The molecule has 1 saturated heterocycles. The van der Waals surface area contributed by atoms with Crippen LogP contribution < -0.4 is 5.32 Å². The number of hydrogen-bond donors (Lipinski definition) is 1. The van der Waals surface area contributed by atoms with E-state index in [9.17, 15) is 4.39 Å². The van der Waals surface area contributed by atoms with E-state index in [0.29, 0.717) is 12.1 Å². The van der Waals surface area contributed by atoms with Gasteiger partial charge < -0.3 is 10.2 Å². The van der Waals surface area contributed by atoms with Crippen molar-refractivity contribution in [2.24, 2.45) is 0 Å². The summed E-state index contributed by atoms with van der Waals surface area (Å²) in [4.78, 5) is 2.36. The second-order valence-electron chi connectivity index (χ2n) is 5.46. The number of nitrogens with one attached hydrogen (secondary N) is 1. The predicted octanol–water partition coefficient (Wildman–Crippen LogP) is 2.44. The fourth-order valence-electron chi connectivity index (χ4n) is 2.76. The van der Waals surface area contributed by atoms with Crippen molar-refractivity contribution < 1.29 is 4.39 Å². The molecule has 3 heteroatoms. The summed E-state index contributed by atoms with van der Waals surface area (Å²) in [6.07, 6.45) is 3.24. The fraction of sp³-hybridized carbons (Fsp3) is 0.600. The minimum atomic E-state index is -0.0908. The van der Waals surface area contributed by atoms with E-state index in [0.717, 1.165) is 18.5 Å². The normalized spacial score (nSPS) is 22.9. The zero-order valence-electron chi connectivity index (χ0n) is 11.3. The lowest BCUT2D eigenvalue weighted by Crippen LogP contribution is -2.47. The number of halogens is 1. The third-order valence-electron chi connectivity index (χ3n) is 3.63. The topological polar surface area (TPSA) is 15.3 Å². The Hall–Kier alpha value is -0.930. The molecule has 1 N–H and O–H groups in total. The van der Waals surface area contributed by atoms with Gasteiger partial charge in [0.15, 0.2) is 0 Å². The summed E-state index contributed by atoms with van der Waals surface area (Å²) < 4.78 is 13.6. The molecule has 1 aromatic rings. The quantitative estimate of drug-likeness (QED) is 0.883. The van der Waals surface area contributed by atoms with Gasteiger partial charge in [-0.2, -0.15) is 0 Å². The molecule has 1 aromatic carbocycles. The van der Waals surface area contributed by atoms with Gasteiger partial charge in [-0.25, -0.2) is 4.39 Å². The molecule has 0 amide bonds. The van der Waals surface area contributed by atoms with Gasteiger partial charge in [-0.1, -0.05) is 18.2 Å². The lowest BCUT2D eigenvalue weighted by molar-refractivity contribution is 0.218. The first-order valence-electron chi connectivity index (χ1n) is 6.83. The van der Waals surface area contributed by atoms with Gasteiger partial charge in [-0.15, -0.1) is 0 Å². The first kappa shape index (κ1) is 13.5.